The van der Waals surface area contributed by atoms with Gasteiger partial charge >= 0.3 is 0 Å². The van der Waals surface area contributed by atoms with E-state index in [0.29, 0.717) is 23.9 Å². The number of aromatic nitrogens is 2. The van der Waals surface area contributed by atoms with Crippen LogP contribution in [0.5, 0.6) is 5.75 Å². The highest BCUT2D eigenvalue weighted by molar-refractivity contribution is 6.17. The van der Waals surface area contributed by atoms with Gasteiger partial charge in [0.15, 0.2) is 0 Å². The smallest absolute Gasteiger partial charge is 0.147 e. The fraction of sp³-hybridized carbons (Fsp3) is 0.562. The van der Waals surface area contributed by atoms with Crippen molar-refractivity contribution in [2.75, 3.05) is 12.5 Å². The monoisotopic (exact) mass is 292 g/mol. The Kier molecular flexibility index (Phi) is 3.41. The third-order valence-electron chi connectivity index (χ3n) is 4.15. The molecule has 2 aromatic rings. The summed E-state index contributed by atoms with van der Waals surface area (Å²) in [6.45, 7) is 7.27. The van der Waals surface area contributed by atoms with Crippen LogP contribution in [0.3, 0.4) is 0 Å². The minimum atomic E-state index is 0.357. The zero-order valence-corrected chi connectivity index (χ0v) is 13.1. The molecule has 1 aliphatic rings. The number of halogens is 1. The molecule has 3 rings (SSSR count). The molecule has 1 atom stereocenters. The number of imidazole rings is 1. The highest BCUT2D eigenvalue weighted by Gasteiger charge is 2.48. The quantitative estimate of drug-likeness (QED) is 0.773. The summed E-state index contributed by atoms with van der Waals surface area (Å²) in [5, 5.41) is 0. The summed E-state index contributed by atoms with van der Waals surface area (Å²) in [5.74, 6) is 2.55. The third-order valence-corrected chi connectivity index (χ3v) is 4.34. The second-order valence-corrected chi connectivity index (χ2v) is 6.48. The van der Waals surface area contributed by atoms with Crippen LogP contribution in [0.4, 0.5) is 0 Å². The maximum Gasteiger partial charge on any atom is 0.147 e. The predicted octanol–water partition coefficient (Wildman–Crippen LogP) is 4.19. The molecule has 1 heterocycles. The highest BCUT2D eigenvalue weighted by Crippen LogP contribution is 2.57. The summed E-state index contributed by atoms with van der Waals surface area (Å²) in [5.41, 5.74) is 2.50. The number of nitrogens with zero attached hydrogens (tertiary/aromatic N) is 2. The van der Waals surface area contributed by atoms with E-state index in [4.69, 9.17) is 21.3 Å². The van der Waals surface area contributed by atoms with Gasteiger partial charge in [-0.05, 0) is 30.9 Å². The first kappa shape index (κ1) is 13.7. The molecule has 0 bridgehead atoms. The lowest BCUT2D eigenvalue weighted by Crippen LogP contribution is -2.06. The first-order chi connectivity index (χ1) is 9.58. The standard InChI is InChI=1S/C16H21ClN2O/c1-4-20-12-7-5-6-11-15(12)18-14(8-9-17)19(11)13-10-16(13,2)3/h5-7,13H,4,8-10H2,1-3H3. The second-order valence-electron chi connectivity index (χ2n) is 6.10. The van der Waals surface area contributed by atoms with Gasteiger partial charge in [0.1, 0.15) is 17.1 Å². The van der Waals surface area contributed by atoms with Crippen LogP contribution in [0, 0.1) is 5.41 Å². The molecule has 1 aromatic carbocycles. The Morgan fingerprint density at radius 2 is 2.20 bits per heavy atom. The van der Waals surface area contributed by atoms with Crippen molar-refractivity contribution in [3.63, 3.8) is 0 Å². The van der Waals surface area contributed by atoms with E-state index >= 15 is 0 Å². The lowest BCUT2D eigenvalue weighted by atomic mass is 10.2. The molecule has 1 aliphatic carbocycles. The molecule has 4 heteroatoms. The molecule has 1 aromatic heterocycles. The van der Waals surface area contributed by atoms with E-state index in [9.17, 15) is 0 Å². The largest absolute Gasteiger partial charge is 0.492 e. The molecule has 108 valence electrons. The lowest BCUT2D eigenvalue weighted by Gasteiger charge is -2.10. The van der Waals surface area contributed by atoms with Gasteiger partial charge in [0, 0.05) is 18.3 Å². The minimum absolute atomic E-state index is 0.357. The van der Waals surface area contributed by atoms with Gasteiger partial charge in [-0.2, -0.15) is 0 Å². The number of para-hydroxylation sites is 1. The van der Waals surface area contributed by atoms with Crippen LogP contribution in [0.1, 0.15) is 39.1 Å². The van der Waals surface area contributed by atoms with Crippen LogP contribution in [-0.2, 0) is 6.42 Å². The van der Waals surface area contributed by atoms with E-state index in [-0.39, 0.29) is 0 Å². The van der Waals surface area contributed by atoms with Crippen molar-refractivity contribution >= 4 is 22.6 Å². The SMILES string of the molecule is CCOc1cccc2c1nc(CCCl)n2C1CC1(C)C. The van der Waals surface area contributed by atoms with Crippen LogP contribution >= 0.6 is 11.6 Å². The Bertz CT molecular complexity index is 633. The fourth-order valence-electron chi connectivity index (χ4n) is 2.90. The first-order valence-electron chi connectivity index (χ1n) is 7.27. The topological polar surface area (TPSA) is 27.1 Å². The second kappa shape index (κ2) is 4.96. The zero-order valence-electron chi connectivity index (χ0n) is 12.3. The molecule has 0 aliphatic heterocycles. The Hall–Kier alpha value is -1.22. The summed E-state index contributed by atoms with van der Waals surface area (Å²) in [4.78, 5) is 4.80. The van der Waals surface area contributed by atoms with Crippen LogP contribution in [0.25, 0.3) is 11.0 Å². The summed E-state index contributed by atoms with van der Waals surface area (Å²) in [6.07, 6.45) is 2.00. The Balaban J connectivity index is 2.15. The molecule has 0 spiro atoms. The zero-order chi connectivity index (χ0) is 14.3. The molecule has 0 N–H and O–H groups in total. The van der Waals surface area contributed by atoms with Gasteiger partial charge in [-0.25, -0.2) is 4.98 Å². The summed E-state index contributed by atoms with van der Waals surface area (Å²) in [7, 11) is 0. The lowest BCUT2D eigenvalue weighted by molar-refractivity contribution is 0.343. The van der Waals surface area contributed by atoms with E-state index in [1.165, 1.54) is 11.9 Å². The van der Waals surface area contributed by atoms with Crippen molar-refractivity contribution < 1.29 is 4.74 Å². The number of benzene rings is 1. The van der Waals surface area contributed by atoms with Crippen molar-refractivity contribution in [3.8, 4) is 5.75 Å². The number of hydrogen-bond donors (Lipinski definition) is 0. The average Bonchev–Trinajstić information content (AvgIpc) is 2.87. The number of ether oxygens (including phenoxy) is 1. The van der Waals surface area contributed by atoms with E-state index in [2.05, 4.69) is 24.5 Å². The van der Waals surface area contributed by atoms with Crippen molar-refractivity contribution in [2.45, 2.75) is 39.7 Å². The summed E-state index contributed by atoms with van der Waals surface area (Å²) < 4.78 is 8.08. The summed E-state index contributed by atoms with van der Waals surface area (Å²) >= 11 is 5.95. The van der Waals surface area contributed by atoms with Crippen molar-refractivity contribution in [2.24, 2.45) is 5.41 Å². The van der Waals surface area contributed by atoms with E-state index in [0.717, 1.165) is 23.5 Å². The molecule has 0 radical (unpaired) electrons. The maximum atomic E-state index is 5.95. The number of alkyl halides is 1. The number of aryl methyl sites for hydroxylation is 1. The molecule has 1 saturated carbocycles. The first-order valence-corrected chi connectivity index (χ1v) is 7.80. The molecular weight excluding hydrogens is 272 g/mol. The van der Waals surface area contributed by atoms with Gasteiger partial charge in [-0.3, -0.25) is 0 Å². The predicted molar refractivity (Wildman–Crippen MR) is 82.8 cm³/mol. The molecule has 1 unspecified atom stereocenters. The van der Waals surface area contributed by atoms with Gasteiger partial charge in [0.05, 0.1) is 12.1 Å². The Morgan fingerprint density at radius 1 is 1.45 bits per heavy atom. The van der Waals surface area contributed by atoms with Crippen LogP contribution in [0.2, 0.25) is 0 Å². The van der Waals surface area contributed by atoms with Gasteiger partial charge in [-0.1, -0.05) is 19.9 Å². The number of rotatable bonds is 5. The van der Waals surface area contributed by atoms with Crippen molar-refractivity contribution in [1.29, 1.82) is 0 Å². The van der Waals surface area contributed by atoms with Crippen molar-refractivity contribution in [1.82, 2.24) is 9.55 Å². The van der Waals surface area contributed by atoms with Crippen LogP contribution < -0.4 is 4.74 Å². The van der Waals surface area contributed by atoms with E-state index in [1.807, 2.05) is 19.1 Å². The van der Waals surface area contributed by atoms with Gasteiger partial charge in [0.2, 0.25) is 0 Å². The normalized spacial score (nSPS) is 20.3. The molecule has 0 saturated heterocycles. The summed E-state index contributed by atoms with van der Waals surface area (Å²) in [6, 6.07) is 6.70. The molecule has 1 fully saturated rings. The van der Waals surface area contributed by atoms with Crippen LogP contribution in [0.15, 0.2) is 18.2 Å². The molecule has 3 nitrogen and oxygen atoms in total. The number of hydrogen-bond acceptors (Lipinski definition) is 2. The average molecular weight is 293 g/mol. The maximum absolute atomic E-state index is 5.95. The van der Waals surface area contributed by atoms with Gasteiger partial charge in [0.25, 0.3) is 0 Å². The third kappa shape index (κ3) is 2.18. The molecule has 20 heavy (non-hydrogen) atoms. The fourth-order valence-corrected chi connectivity index (χ4v) is 3.07. The van der Waals surface area contributed by atoms with Gasteiger partial charge < -0.3 is 9.30 Å². The van der Waals surface area contributed by atoms with E-state index in [1.54, 1.807) is 0 Å². The van der Waals surface area contributed by atoms with Crippen molar-refractivity contribution in [3.05, 3.63) is 24.0 Å². The highest BCUT2D eigenvalue weighted by atomic mass is 35.5. The number of fused-ring (bicyclic) bond motifs is 1. The Morgan fingerprint density at radius 3 is 2.80 bits per heavy atom. The van der Waals surface area contributed by atoms with Gasteiger partial charge in [-0.15, -0.1) is 11.6 Å². The van der Waals surface area contributed by atoms with Crippen LogP contribution in [-0.4, -0.2) is 22.0 Å². The van der Waals surface area contributed by atoms with E-state index < -0.39 is 0 Å². The Labute approximate surface area is 124 Å². The molecule has 0 amide bonds. The molecular formula is C16H21ClN2O. The minimum Gasteiger partial charge on any atom is -0.492 e.